The summed E-state index contributed by atoms with van der Waals surface area (Å²) in [5, 5.41) is 6.54. The second kappa shape index (κ2) is 14.6. The molecule has 0 aromatic heterocycles. The van der Waals surface area contributed by atoms with Gasteiger partial charge in [0.15, 0.2) is 6.61 Å². The average Bonchev–Trinajstić information content (AvgIpc) is 3.33. The number of amides is 1. The highest BCUT2D eigenvalue weighted by Gasteiger charge is 2.59. The smallest absolute Gasteiger partial charge is 0.369 e. The predicted octanol–water partition coefficient (Wildman–Crippen LogP) is 1.16. The molecule has 39 heavy (non-hydrogen) atoms. The molecule has 1 aromatic rings. The molecule has 1 heterocycles. The molecule has 1 unspecified atom stereocenters. The van der Waals surface area contributed by atoms with Crippen molar-refractivity contribution in [3.05, 3.63) is 29.8 Å². The molecule has 1 aliphatic rings. The maximum atomic E-state index is 12.7. The highest BCUT2D eigenvalue weighted by molar-refractivity contribution is 7.72. The first-order valence-corrected chi connectivity index (χ1v) is 16.4. The van der Waals surface area contributed by atoms with Gasteiger partial charge in [0.05, 0.1) is 0 Å². The minimum atomic E-state index is -5.60. The van der Waals surface area contributed by atoms with E-state index < -0.39 is 57.3 Å². The van der Waals surface area contributed by atoms with Gasteiger partial charge in [0.2, 0.25) is 0 Å². The Morgan fingerprint density at radius 2 is 1.67 bits per heavy atom. The monoisotopic (exact) mass is 633 g/mol. The number of esters is 1. The van der Waals surface area contributed by atoms with Crippen LogP contribution < -0.4 is 10.6 Å². The van der Waals surface area contributed by atoms with Crippen molar-refractivity contribution in [3.8, 4) is 0 Å². The first-order chi connectivity index (χ1) is 18.1. The standard InChI is InChI=1S/C22H35Cl2N3O10P2/c23-9-12-26(13-10-24)17-5-3-16(4-6-17)14-19(25)21(29)37-15-20(28)27-11-1-2-18(27)7-8-22(30,38(31,32)33)39(34,35)36/h3-6,18-19,30H,1-2,7-15,25H2,(H2,31,32,33)(H2,34,35,36)/t18?,19-/m0/s1. The van der Waals surface area contributed by atoms with Crippen LogP contribution >= 0.6 is 38.4 Å². The minimum absolute atomic E-state index is 0.161. The molecule has 222 valence electrons. The van der Waals surface area contributed by atoms with Gasteiger partial charge in [0.1, 0.15) is 6.04 Å². The highest BCUT2D eigenvalue weighted by Crippen LogP contribution is 2.69. The zero-order valence-electron chi connectivity index (χ0n) is 21.1. The number of carbonyl (C=O) groups excluding carboxylic acids is 2. The summed E-state index contributed by atoms with van der Waals surface area (Å²) in [5.41, 5.74) is 7.66. The third-order valence-corrected chi connectivity index (χ3v) is 10.8. The fourth-order valence-corrected chi connectivity index (χ4v) is 6.97. The third-order valence-electron chi connectivity index (χ3n) is 6.55. The summed E-state index contributed by atoms with van der Waals surface area (Å²) in [6, 6.07) is 5.65. The molecule has 0 saturated carbocycles. The van der Waals surface area contributed by atoms with Crippen molar-refractivity contribution in [2.24, 2.45) is 5.73 Å². The van der Waals surface area contributed by atoms with Crippen molar-refractivity contribution >= 4 is 56.0 Å². The van der Waals surface area contributed by atoms with E-state index in [4.69, 9.17) is 33.7 Å². The summed E-state index contributed by atoms with van der Waals surface area (Å²) in [5.74, 6) is -0.520. The molecule has 0 aliphatic carbocycles. The van der Waals surface area contributed by atoms with Crippen molar-refractivity contribution < 1.29 is 48.1 Å². The molecule has 17 heteroatoms. The Balaban J connectivity index is 1.91. The van der Waals surface area contributed by atoms with E-state index in [-0.39, 0.29) is 19.4 Å². The van der Waals surface area contributed by atoms with Gasteiger partial charge in [-0.1, -0.05) is 12.1 Å². The van der Waals surface area contributed by atoms with Crippen LogP contribution in [0.4, 0.5) is 5.69 Å². The first kappa shape index (κ1) is 34.0. The molecule has 1 aromatic carbocycles. The molecule has 0 bridgehead atoms. The first-order valence-electron chi connectivity index (χ1n) is 12.2. The van der Waals surface area contributed by atoms with Crippen LogP contribution in [0.5, 0.6) is 0 Å². The molecule has 13 nitrogen and oxygen atoms in total. The highest BCUT2D eigenvalue weighted by atomic mass is 35.5. The predicted molar refractivity (Wildman–Crippen MR) is 146 cm³/mol. The number of carbonyl (C=O) groups is 2. The SMILES string of the molecule is N[C@@H](Cc1ccc(N(CCCl)CCCl)cc1)C(=O)OCC(=O)N1CCCC1CCC(O)(P(=O)(O)O)P(=O)(O)O. The number of ether oxygens (including phenoxy) is 1. The average molecular weight is 634 g/mol. The topological polar surface area (TPSA) is 211 Å². The third kappa shape index (κ3) is 9.13. The molecular formula is C22H35Cl2N3O10P2. The van der Waals surface area contributed by atoms with Crippen LogP contribution in [0.1, 0.15) is 31.2 Å². The van der Waals surface area contributed by atoms with E-state index in [1.807, 2.05) is 29.2 Å². The van der Waals surface area contributed by atoms with Crippen molar-refractivity contribution in [2.45, 2.75) is 49.3 Å². The fraction of sp³-hybridized carbons (Fsp3) is 0.636. The van der Waals surface area contributed by atoms with Crippen LogP contribution in [0.2, 0.25) is 0 Å². The van der Waals surface area contributed by atoms with Gasteiger partial charge >= 0.3 is 21.2 Å². The largest absolute Gasteiger partial charge is 0.454 e. The van der Waals surface area contributed by atoms with Crippen LogP contribution in [0, 0.1) is 0 Å². The van der Waals surface area contributed by atoms with E-state index in [9.17, 15) is 43.4 Å². The Morgan fingerprint density at radius 1 is 1.10 bits per heavy atom. The van der Waals surface area contributed by atoms with Gasteiger partial charge in [0.25, 0.3) is 11.0 Å². The van der Waals surface area contributed by atoms with Gasteiger partial charge in [-0.2, -0.15) is 0 Å². The van der Waals surface area contributed by atoms with E-state index >= 15 is 0 Å². The second-order valence-electron chi connectivity index (χ2n) is 9.23. The number of hydrogen-bond donors (Lipinski definition) is 6. The number of hydrogen-bond acceptors (Lipinski definition) is 8. The molecule has 1 fully saturated rings. The number of likely N-dealkylation sites (tertiary alicyclic amines) is 1. The number of alkyl halides is 2. The van der Waals surface area contributed by atoms with E-state index in [1.165, 1.54) is 4.90 Å². The number of nitrogens with two attached hydrogens (primary N) is 1. The van der Waals surface area contributed by atoms with Crippen molar-refractivity contribution in [3.63, 3.8) is 0 Å². The molecule has 0 radical (unpaired) electrons. The summed E-state index contributed by atoms with van der Waals surface area (Å²) in [7, 11) is -11.2. The minimum Gasteiger partial charge on any atom is -0.454 e. The van der Waals surface area contributed by atoms with E-state index in [0.717, 1.165) is 11.3 Å². The molecule has 2 atom stereocenters. The van der Waals surface area contributed by atoms with Crippen molar-refractivity contribution in [2.75, 3.05) is 42.9 Å². The number of benzene rings is 1. The van der Waals surface area contributed by atoms with Crippen LogP contribution in [0.15, 0.2) is 24.3 Å². The molecule has 1 amide bonds. The zero-order valence-corrected chi connectivity index (χ0v) is 24.4. The zero-order chi connectivity index (χ0) is 29.4. The summed E-state index contributed by atoms with van der Waals surface area (Å²) >= 11 is 11.7. The Morgan fingerprint density at radius 3 is 2.18 bits per heavy atom. The van der Waals surface area contributed by atoms with Crippen LogP contribution in [0.3, 0.4) is 0 Å². The quantitative estimate of drug-likeness (QED) is 0.0912. The number of halogens is 2. The Bertz CT molecular complexity index is 1040. The van der Waals surface area contributed by atoms with E-state index in [1.54, 1.807) is 0 Å². The van der Waals surface area contributed by atoms with Gasteiger partial charge < -0.3 is 45.0 Å². The van der Waals surface area contributed by atoms with Crippen LogP contribution in [0.25, 0.3) is 0 Å². The van der Waals surface area contributed by atoms with Crippen molar-refractivity contribution in [1.29, 1.82) is 0 Å². The molecule has 0 spiro atoms. The van der Waals surface area contributed by atoms with E-state index in [2.05, 4.69) is 0 Å². The molecule has 7 N–H and O–H groups in total. The normalized spacial score (nSPS) is 17.2. The summed E-state index contributed by atoms with van der Waals surface area (Å²) in [6.07, 6.45) is -0.170. The van der Waals surface area contributed by atoms with Gasteiger partial charge in [-0.25, -0.2) is 0 Å². The summed E-state index contributed by atoms with van der Waals surface area (Å²) < 4.78 is 28.3. The Kier molecular flexibility index (Phi) is 12.7. The summed E-state index contributed by atoms with van der Waals surface area (Å²) in [6.45, 7) is 0.863. The maximum absolute atomic E-state index is 12.7. The van der Waals surface area contributed by atoms with Crippen LogP contribution in [-0.4, -0.2) is 96.6 Å². The van der Waals surface area contributed by atoms with E-state index in [0.29, 0.717) is 37.7 Å². The molecule has 1 saturated heterocycles. The molecular weight excluding hydrogens is 599 g/mol. The van der Waals surface area contributed by atoms with Gasteiger partial charge in [-0.3, -0.25) is 18.7 Å². The second-order valence-corrected chi connectivity index (χ2v) is 14.0. The van der Waals surface area contributed by atoms with Crippen LogP contribution in [-0.2, 0) is 29.9 Å². The number of aliphatic hydroxyl groups is 1. The molecule has 1 aliphatic heterocycles. The summed E-state index contributed by atoms with van der Waals surface area (Å²) in [4.78, 5) is 65.7. The lowest BCUT2D eigenvalue weighted by Crippen LogP contribution is -2.41. The number of anilines is 1. The number of rotatable bonds is 15. The van der Waals surface area contributed by atoms with Gasteiger partial charge in [0, 0.05) is 49.5 Å². The van der Waals surface area contributed by atoms with Gasteiger partial charge in [-0.05, 0) is 43.4 Å². The lowest BCUT2D eigenvalue weighted by molar-refractivity contribution is -0.153. The fourth-order valence-electron chi connectivity index (χ4n) is 4.36. The Labute approximate surface area is 236 Å². The lowest BCUT2D eigenvalue weighted by Gasteiger charge is -2.32. The maximum Gasteiger partial charge on any atom is 0.369 e. The van der Waals surface area contributed by atoms with Crippen molar-refractivity contribution in [1.82, 2.24) is 4.90 Å². The number of nitrogens with zero attached hydrogens (tertiary/aromatic N) is 2. The molecule has 2 rings (SSSR count). The van der Waals surface area contributed by atoms with Gasteiger partial charge in [-0.15, -0.1) is 23.2 Å². The Hall–Kier alpha value is -1.24. The lowest BCUT2D eigenvalue weighted by atomic mass is 10.1.